The molecule has 1 aliphatic rings. The summed E-state index contributed by atoms with van der Waals surface area (Å²) >= 11 is 0. The van der Waals surface area contributed by atoms with Crippen LogP contribution in [0.2, 0.25) is 0 Å². The van der Waals surface area contributed by atoms with Crippen molar-refractivity contribution in [2.45, 2.75) is 6.16 Å². The quantitative estimate of drug-likeness (QED) is 0.536. The molecule has 0 saturated carbocycles. The first-order chi connectivity index (χ1) is 5.95. The Balaban J connectivity index is 2.58. The molecule has 0 saturated heterocycles. The van der Waals surface area contributed by atoms with Crippen molar-refractivity contribution >= 4 is 24.7 Å². The molecule has 0 amide bonds. The SMILES string of the molecule is c1cc2c3c(cccc3c1)PC2. The summed E-state index contributed by atoms with van der Waals surface area (Å²) in [4.78, 5) is 0. The molecule has 58 valence electrons. The van der Waals surface area contributed by atoms with E-state index in [0.29, 0.717) is 0 Å². The van der Waals surface area contributed by atoms with Crippen LogP contribution < -0.4 is 5.30 Å². The third-order valence-electron chi connectivity index (χ3n) is 2.46. The molecule has 0 bridgehead atoms. The fourth-order valence-corrected chi connectivity index (χ4v) is 3.28. The Labute approximate surface area is 73.4 Å². The van der Waals surface area contributed by atoms with E-state index in [4.69, 9.17) is 0 Å². The highest BCUT2D eigenvalue weighted by Crippen LogP contribution is 2.33. The standard InChI is InChI=1S/C11H9P/c1-3-8-4-2-6-10-11(8)9(5-1)7-12-10/h1-6,12H,7H2. The highest BCUT2D eigenvalue weighted by atomic mass is 31.1. The van der Waals surface area contributed by atoms with Crippen molar-refractivity contribution in [3.8, 4) is 0 Å². The lowest BCUT2D eigenvalue weighted by Gasteiger charge is -1.98. The topological polar surface area (TPSA) is 0 Å². The molecule has 3 rings (SSSR count). The van der Waals surface area contributed by atoms with Gasteiger partial charge in [-0.2, -0.15) is 0 Å². The van der Waals surface area contributed by atoms with E-state index in [1.54, 1.807) is 10.9 Å². The summed E-state index contributed by atoms with van der Waals surface area (Å²) in [5.74, 6) is 0. The average Bonchev–Trinajstić information content (AvgIpc) is 2.52. The molecule has 12 heavy (non-hydrogen) atoms. The summed E-state index contributed by atoms with van der Waals surface area (Å²) in [5.41, 5.74) is 1.54. The Hall–Kier alpha value is -0.870. The van der Waals surface area contributed by atoms with Crippen LogP contribution in [0.3, 0.4) is 0 Å². The van der Waals surface area contributed by atoms with Crippen molar-refractivity contribution in [3.05, 3.63) is 42.0 Å². The number of hydrogen-bond donors (Lipinski definition) is 0. The maximum atomic E-state index is 2.26. The minimum atomic E-state index is 0.995. The minimum absolute atomic E-state index is 0.995. The van der Waals surface area contributed by atoms with Gasteiger partial charge in [0.1, 0.15) is 0 Å². The second kappa shape index (κ2) is 2.31. The first-order valence-electron chi connectivity index (χ1n) is 4.20. The van der Waals surface area contributed by atoms with E-state index < -0.39 is 0 Å². The monoisotopic (exact) mass is 172 g/mol. The molecular weight excluding hydrogens is 163 g/mol. The third-order valence-corrected chi connectivity index (χ3v) is 3.82. The summed E-state index contributed by atoms with van der Waals surface area (Å²) in [6.45, 7) is 0. The molecule has 1 heteroatoms. The second-order valence-electron chi connectivity index (χ2n) is 3.17. The fraction of sp³-hybridized carbons (Fsp3) is 0.0909. The molecule has 0 fully saturated rings. The lowest BCUT2D eigenvalue weighted by Crippen LogP contribution is -1.90. The van der Waals surface area contributed by atoms with Crippen LogP contribution >= 0.6 is 8.58 Å². The van der Waals surface area contributed by atoms with Gasteiger partial charge in [0.25, 0.3) is 0 Å². The molecule has 1 unspecified atom stereocenters. The lowest BCUT2D eigenvalue weighted by atomic mass is 10.1. The maximum absolute atomic E-state index is 2.26. The van der Waals surface area contributed by atoms with Crippen LogP contribution in [0, 0.1) is 0 Å². The number of benzene rings is 2. The molecular formula is C11H9P. The van der Waals surface area contributed by atoms with Crippen LogP contribution in [-0.4, -0.2) is 0 Å². The van der Waals surface area contributed by atoms with Crippen molar-refractivity contribution in [2.75, 3.05) is 0 Å². The van der Waals surface area contributed by atoms with Gasteiger partial charge in [-0.3, -0.25) is 0 Å². The van der Waals surface area contributed by atoms with Crippen LogP contribution in [0.1, 0.15) is 5.56 Å². The van der Waals surface area contributed by atoms with Crippen LogP contribution in [0.5, 0.6) is 0 Å². The predicted molar refractivity (Wildman–Crippen MR) is 55.6 cm³/mol. The van der Waals surface area contributed by atoms with Crippen molar-refractivity contribution in [1.29, 1.82) is 0 Å². The van der Waals surface area contributed by atoms with Crippen LogP contribution in [0.25, 0.3) is 10.8 Å². The van der Waals surface area contributed by atoms with E-state index in [1.165, 1.54) is 16.9 Å². The van der Waals surface area contributed by atoms with E-state index in [-0.39, 0.29) is 0 Å². The van der Waals surface area contributed by atoms with E-state index in [2.05, 4.69) is 36.4 Å². The van der Waals surface area contributed by atoms with Crippen molar-refractivity contribution in [2.24, 2.45) is 0 Å². The zero-order valence-electron chi connectivity index (χ0n) is 6.67. The first-order valence-corrected chi connectivity index (χ1v) is 5.40. The minimum Gasteiger partial charge on any atom is -0.0852 e. The summed E-state index contributed by atoms with van der Waals surface area (Å²) < 4.78 is 0. The van der Waals surface area contributed by atoms with E-state index in [9.17, 15) is 0 Å². The van der Waals surface area contributed by atoms with Gasteiger partial charge in [-0.1, -0.05) is 45.0 Å². The van der Waals surface area contributed by atoms with E-state index in [1.807, 2.05) is 0 Å². The smallest absolute Gasteiger partial charge is 0.00536 e. The number of hydrogen-bond acceptors (Lipinski definition) is 0. The molecule has 0 spiro atoms. The van der Waals surface area contributed by atoms with Gasteiger partial charge < -0.3 is 0 Å². The molecule has 0 radical (unpaired) electrons. The van der Waals surface area contributed by atoms with E-state index in [0.717, 1.165) is 8.58 Å². The summed E-state index contributed by atoms with van der Waals surface area (Å²) in [6.07, 6.45) is 1.26. The molecule has 0 nitrogen and oxygen atoms in total. The molecule has 2 aromatic rings. The van der Waals surface area contributed by atoms with E-state index >= 15 is 0 Å². The van der Waals surface area contributed by atoms with Gasteiger partial charge in [-0.25, -0.2) is 0 Å². The van der Waals surface area contributed by atoms with Gasteiger partial charge in [0.15, 0.2) is 0 Å². The average molecular weight is 172 g/mol. The Kier molecular flexibility index (Phi) is 1.27. The predicted octanol–water partition coefficient (Wildman–Crippen LogP) is 2.66. The Morgan fingerprint density at radius 1 is 1.00 bits per heavy atom. The van der Waals surface area contributed by atoms with Gasteiger partial charge in [-0.15, -0.1) is 0 Å². The summed E-state index contributed by atoms with van der Waals surface area (Å²) in [5, 5.41) is 4.50. The van der Waals surface area contributed by atoms with Crippen LogP contribution in [0.4, 0.5) is 0 Å². The molecule has 1 aliphatic heterocycles. The molecule has 0 N–H and O–H groups in total. The Morgan fingerprint density at radius 2 is 1.83 bits per heavy atom. The van der Waals surface area contributed by atoms with Gasteiger partial charge in [-0.05, 0) is 27.8 Å². The van der Waals surface area contributed by atoms with Crippen molar-refractivity contribution in [3.63, 3.8) is 0 Å². The van der Waals surface area contributed by atoms with Crippen molar-refractivity contribution in [1.82, 2.24) is 0 Å². The largest absolute Gasteiger partial charge is 0.0852 e. The molecule has 2 aromatic carbocycles. The summed E-state index contributed by atoms with van der Waals surface area (Å²) in [6, 6.07) is 13.3. The molecule has 1 heterocycles. The zero-order valence-corrected chi connectivity index (χ0v) is 7.67. The lowest BCUT2D eigenvalue weighted by molar-refractivity contribution is 1.49. The van der Waals surface area contributed by atoms with Crippen LogP contribution in [-0.2, 0) is 6.16 Å². The highest BCUT2D eigenvalue weighted by molar-refractivity contribution is 7.47. The Morgan fingerprint density at radius 3 is 2.75 bits per heavy atom. The van der Waals surface area contributed by atoms with Gasteiger partial charge in [0.2, 0.25) is 0 Å². The molecule has 0 aromatic heterocycles. The Bertz CT molecular complexity index is 407. The molecule has 1 atom stereocenters. The van der Waals surface area contributed by atoms with Gasteiger partial charge in [0.05, 0.1) is 0 Å². The first kappa shape index (κ1) is 6.62. The third kappa shape index (κ3) is 0.763. The fourth-order valence-electron chi connectivity index (χ4n) is 1.90. The van der Waals surface area contributed by atoms with Crippen molar-refractivity contribution < 1.29 is 0 Å². The summed E-state index contributed by atoms with van der Waals surface area (Å²) in [7, 11) is 0.995. The second-order valence-corrected chi connectivity index (χ2v) is 4.42. The highest BCUT2D eigenvalue weighted by Gasteiger charge is 2.11. The maximum Gasteiger partial charge on any atom is -0.00536 e. The number of rotatable bonds is 0. The molecule has 0 aliphatic carbocycles. The van der Waals surface area contributed by atoms with Gasteiger partial charge in [0, 0.05) is 0 Å². The normalized spacial score (nSPS) is 16.0. The zero-order chi connectivity index (χ0) is 7.97. The van der Waals surface area contributed by atoms with Gasteiger partial charge >= 0.3 is 0 Å². The van der Waals surface area contributed by atoms with Crippen LogP contribution in [0.15, 0.2) is 36.4 Å².